The molecule has 0 saturated carbocycles. The normalized spacial score (nSPS) is 13.7. The fraction of sp³-hybridized carbons (Fsp3) is 0.385. The lowest BCUT2D eigenvalue weighted by Crippen LogP contribution is -2.40. The maximum absolute atomic E-state index is 12.3. The molecule has 1 amide bonds. The van der Waals surface area contributed by atoms with Crippen LogP contribution in [0.2, 0.25) is 0 Å². The van der Waals surface area contributed by atoms with Crippen LogP contribution in [-0.2, 0) is 4.79 Å². The lowest BCUT2D eigenvalue weighted by Gasteiger charge is -2.24. The maximum atomic E-state index is 12.3. The molecule has 0 aromatic heterocycles. The van der Waals surface area contributed by atoms with Gasteiger partial charge in [0.2, 0.25) is 5.91 Å². The second-order valence-electron chi connectivity index (χ2n) is 4.31. The Labute approximate surface area is 112 Å². The molecule has 3 N–H and O–H groups in total. The summed E-state index contributed by atoms with van der Waals surface area (Å²) in [6, 6.07) is 9.17. The van der Waals surface area contributed by atoms with Crippen LogP contribution in [0.5, 0.6) is 0 Å². The van der Waals surface area contributed by atoms with E-state index in [-0.39, 0.29) is 17.4 Å². The first-order valence-electron chi connectivity index (χ1n) is 5.70. The van der Waals surface area contributed by atoms with E-state index in [0.717, 1.165) is 5.56 Å². The number of benzene rings is 1. The Morgan fingerprint density at radius 3 is 2.44 bits per heavy atom. The number of nitrogens with two attached hydrogens (primary N) is 1. The molecule has 4 nitrogen and oxygen atoms in total. The summed E-state index contributed by atoms with van der Waals surface area (Å²) in [5, 5.41) is 9.30. The quantitative estimate of drug-likeness (QED) is 0.777. The number of rotatable bonds is 5. The molecule has 0 aliphatic carbocycles. The number of aliphatic hydroxyl groups is 1. The van der Waals surface area contributed by atoms with Gasteiger partial charge in [0.25, 0.3) is 0 Å². The van der Waals surface area contributed by atoms with Gasteiger partial charge in [-0.1, -0.05) is 42.5 Å². The van der Waals surface area contributed by atoms with Crippen molar-refractivity contribution in [2.24, 2.45) is 5.73 Å². The molecule has 0 radical (unpaired) electrons. The van der Waals surface area contributed by atoms with Crippen molar-refractivity contribution in [3.8, 4) is 0 Å². The topological polar surface area (TPSA) is 66.6 Å². The number of carbonyl (C=O) groups is 1. The van der Waals surface area contributed by atoms with Gasteiger partial charge in [-0.05, 0) is 12.5 Å². The summed E-state index contributed by atoms with van der Waals surface area (Å²) in [5.41, 5.74) is 6.43. The minimum absolute atomic E-state index is 0.142. The number of amides is 1. The standard InChI is InChI=1S/C13H18N2O2S/c1-9(16)8-15(2)13(17)11(12(14)18)10-6-4-3-5-7-10/h3-7,9,11,16H,8H2,1-2H3,(H2,14,18). The molecule has 5 heteroatoms. The van der Waals surface area contributed by atoms with E-state index in [9.17, 15) is 9.90 Å². The smallest absolute Gasteiger partial charge is 0.236 e. The number of hydrogen-bond acceptors (Lipinski definition) is 3. The molecule has 2 atom stereocenters. The van der Waals surface area contributed by atoms with Crippen LogP contribution in [0.25, 0.3) is 0 Å². The highest BCUT2D eigenvalue weighted by Gasteiger charge is 2.26. The van der Waals surface area contributed by atoms with Gasteiger partial charge in [-0.15, -0.1) is 0 Å². The first-order valence-corrected chi connectivity index (χ1v) is 6.11. The second-order valence-corrected chi connectivity index (χ2v) is 4.79. The lowest BCUT2D eigenvalue weighted by molar-refractivity contribution is -0.131. The predicted molar refractivity (Wildman–Crippen MR) is 75.3 cm³/mol. The molecule has 2 unspecified atom stereocenters. The first-order chi connectivity index (χ1) is 8.43. The summed E-state index contributed by atoms with van der Waals surface area (Å²) in [4.78, 5) is 13.9. The highest BCUT2D eigenvalue weighted by molar-refractivity contribution is 7.80. The van der Waals surface area contributed by atoms with Crippen LogP contribution in [0.3, 0.4) is 0 Å². The van der Waals surface area contributed by atoms with Crippen molar-refractivity contribution in [1.82, 2.24) is 4.90 Å². The summed E-state index contributed by atoms with van der Waals surface area (Å²) >= 11 is 4.98. The van der Waals surface area contributed by atoms with E-state index in [1.54, 1.807) is 14.0 Å². The largest absolute Gasteiger partial charge is 0.392 e. The van der Waals surface area contributed by atoms with Crippen LogP contribution in [0, 0.1) is 0 Å². The number of hydrogen-bond donors (Lipinski definition) is 2. The minimum atomic E-state index is -0.634. The average Bonchev–Trinajstić information content (AvgIpc) is 2.29. The van der Waals surface area contributed by atoms with Crippen molar-refractivity contribution >= 4 is 23.1 Å². The summed E-state index contributed by atoms with van der Waals surface area (Å²) in [6.07, 6.45) is -0.582. The summed E-state index contributed by atoms with van der Waals surface area (Å²) < 4.78 is 0. The van der Waals surface area contributed by atoms with E-state index in [1.165, 1.54) is 4.90 Å². The highest BCUT2D eigenvalue weighted by atomic mass is 32.1. The molecule has 0 heterocycles. The van der Waals surface area contributed by atoms with Gasteiger partial charge >= 0.3 is 0 Å². The van der Waals surface area contributed by atoms with Gasteiger partial charge < -0.3 is 15.7 Å². The molecule has 0 bridgehead atoms. The molecule has 0 aliphatic heterocycles. The maximum Gasteiger partial charge on any atom is 0.236 e. The Morgan fingerprint density at radius 1 is 1.44 bits per heavy atom. The van der Waals surface area contributed by atoms with Crippen molar-refractivity contribution in [2.45, 2.75) is 18.9 Å². The van der Waals surface area contributed by atoms with E-state index in [0.29, 0.717) is 0 Å². The summed E-state index contributed by atoms with van der Waals surface area (Å²) in [5.74, 6) is -0.834. The predicted octanol–water partition coefficient (Wildman–Crippen LogP) is 0.895. The van der Waals surface area contributed by atoms with Gasteiger partial charge in [0.05, 0.1) is 11.1 Å². The Bertz CT molecular complexity index is 420. The number of likely N-dealkylation sites (N-methyl/N-ethyl adjacent to an activating group) is 1. The second kappa shape index (κ2) is 6.47. The summed E-state index contributed by atoms with van der Waals surface area (Å²) in [6.45, 7) is 1.88. The first kappa shape index (κ1) is 14.6. The van der Waals surface area contributed by atoms with Crippen molar-refractivity contribution < 1.29 is 9.90 Å². The van der Waals surface area contributed by atoms with Crippen LogP contribution in [0.1, 0.15) is 18.4 Å². The van der Waals surface area contributed by atoms with Gasteiger partial charge in [-0.2, -0.15) is 0 Å². The molecule has 1 rings (SSSR count). The molecular weight excluding hydrogens is 248 g/mol. The van der Waals surface area contributed by atoms with Crippen LogP contribution in [0.4, 0.5) is 0 Å². The van der Waals surface area contributed by atoms with E-state index in [2.05, 4.69) is 0 Å². The van der Waals surface area contributed by atoms with E-state index < -0.39 is 12.0 Å². The van der Waals surface area contributed by atoms with Crippen LogP contribution in [0.15, 0.2) is 30.3 Å². The SMILES string of the molecule is CC(O)CN(C)C(=O)C(C(N)=S)c1ccccc1. The molecule has 0 saturated heterocycles. The number of thiocarbonyl (C=S) groups is 1. The van der Waals surface area contributed by atoms with Crippen LogP contribution < -0.4 is 5.73 Å². The number of nitrogens with zero attached hydrogens (tertiary/aromatic N) is 1. The fourth-order valence-corrected chi connectivity index (χ4v) is 2.02. The Morgan fingerprint density at radius 2 is 2.00 bits per heavy atom. The zero-order valence-corrected chi connectivity index (χ0v) is 11.4. The third kappa shape index (κ3) is 3.78. The molecule has 0 aliphatic rings. The van der Waals surface area contributed by atoms with Crippen LogP contribution >= 0.6 is 12.2 Å². The molecule has 98 valence electrons. The van der Waals surface area contributed by atoms with Gasteiger partial charge in [0, 0.05) is 13.6 Å². The fourth-order valence-electron chi connectivity index (χ4n) is 1.78. The highest BCUT2D eigenvalue weighted by Crippen LogP contribution is 2.18. The lowest BCUT2D eigenvalue weighted by atomic mass is 9.97. The summed E-state index contributed by atoms with van der Waals surface area (Å²) in [7, 11) is 1.63. The molecule has 18 heavy (non-hydrogen) atoms. The van der Waals surface area contributed by atoms with Crippen molar-refractivity contribution in [1.29, 1.82) is 0 Å². The Balaban J connectivity index is 2.93. The molecular formula is C13H18N2O2S. The third-order valence-corrected chi connectivity index (χ3v) is 2.81. The van der Waals surface area contributed by atoms with Crippen molar-refractivity contribution in [3.63, 3.8) is 0 Å². The number of aliphatic hydroxyl groups excluding tert-OH is 1. The van der Waals surface area contributed by atoms with Gasteiger partial charge in [0.1, 0.15) is 5.92 Å². The van der Waals surface area contributed by atoms with E-state index in [4.69, 9.17) is 18.0 Å². The molecule has 1 aromatic carbocycles. The Hall–Kier alpha value is -1.46. The van der Waals surface area contributed by atoms with Crippen LogP contribution in [-0.4, -0.2) is 40.6 Å². The third-order valence-electron chi connectivity index (χ3n) is 2.58. The Kier molecular flexibility index (Phi) is 5.25. The van der Waals surface area contributed by atoms with E-state index in [1.807, 2.05) is 30.3 Å². The zero-order chi connectivity index (χ0) is 13.7. The minimum Gasteiger partial charge on any atom is -0.392 e. The molecule has 0 spiro atoms. The van der Waals surface area contributed by atoms with E-state index >= 15 is 0 Å². The van der Waals surface area contributed by atoms with Gasteiger partial charge in [-0.25, -0.2) is 0 Å². The van der Waals surface area contributed by atoms with Crippen molar-refractivity contribution in [2.75, 3.05) is 13.6 Å². The zero-order valence-electron chi connectivity index (χ0n) is 10.5. The van der Waals surface area contributed by atoms with Crippen molar-refractivity contribution in [3.05, 3.63) is 35.9 Å². The number of carbonyl (C=O) groups excluding carboxylic acids is 1. The average molecular weight is 266 g/mol. The van der Waals surface area contributed by atoms with Gasteiger partial charge in [0.15, 0.2) is 0 Å². The monoisotopic (exact) mass is 266 g/mol. The van der Waals surface area contributed by atoms with Gasteiger partial charge in [-0.3, -0.25) is 4.79 Å². The molecule has 0 fully saturated rings. The molecule has 1 aromatic rings.